The normalized spacial score (nSPS) is 19.5. The maximum atomic E-state index is 12.7. The van der Waals surface area contributed by atoms with Gasteiger partial charge in [0.25, 0.3) is 5.91 Å². The molecule has 2 aliphatic heterocycles. The van der Waals surface area contributed by atoms with Crippen LogP contribution in [0.4, 0.5) is 0 Å². The first-order valence-electron chi connectivity index (χ1n) is 10.3. The number of hydrogen-bond donors (Lipinski definition) is 3. The maximum Gasteiger partial charge on any atom is 1.00 e. The molecule has 2 amide bonds. The number of carbonyl (C=O) groups excluding carboxylic acids is 5. The number of thioether (sulfide) groups is 1. The van der Waals surface area contributed by atoms with E-state index in [0.29, 0.717) is 11.1 Å². The molecule has 3 rings (SSSR count). The van der Waals surface area contributed by atoms with Crippen molar-refractivity contribution in [2.75, 3.05) is 12.4 Å². The molecule has 0 saturated carbocycles. The van der Waals surface area contributed by atoms with Crippen LogP contribution in [0.2, 0.25) is 0 Å². The van der Waals surface area contributed by atoms with Crippen LogP contribution in [-0.4, -0.2) is 64.0 Å². The monoisotopic (exact) mass is 510 g/mol. The summed E-state index contributed by atoms with van der Waals surface area (Å²) in [6.07, 6.45) is -0.171. The van der Waals surface area contributed by atoms with Gasteiger partial charge in [0, 0.05) is 18.2 Å². The Hall–Kier alpha value is -2.67. The van der Waals surface area contributed by atoms with Crippen molar-refractivity contribution >= 4 is 47.1 Å². The molecule has 11 nitrogen and oxygen atoms in total. The molecule has 2 unspecified atom stereocenters. The number of β-lactam (4-membered cyclic amide) rings is 1. The van der Waals surface area contributed by atoms with E-state index in [-0.39, 0.29) is 71.2 Å². The smallest absolute Gasteiger partial charge is 0.543 e. The maximum absolute atomic E-state index is 12.7. The molecule has 0 aromatic heterocycles. The summed E-state index contributed by atoms with van der Waals surface area (Å²) in [5.41, 5.74) is 6.39. The number of aliphatic carboxylic acids is 1. The average molecular weight is 511 g/mol. The summed E-state index contributed by atoms with van der Waals surface area (Å²) in [6.45, 7) is 2.22. The molecule has 2 heterocycles. The van der Waals surface area contributed by atoms with Gasteiger partial charge in [-0.05, 0) is 18.1 Å². The van der Waals surface area contributed by atoms with E-state index in [1.165, 1.54) is 25.6 Å². The Balaban J connectivity index is 0.00000432. The Morgan fingerprint density at radius 3 is 2.51 bits per heavy atom. The first-order valence-corrected chi connectivity index (χ1v) is 11.3. The topological polar surface area (TPSA) is 183 Å². The van der Waals surface area contributed by atoms with E-state index < -0.39 is 41.1 Å². The number of Topliss-reactive ketones (excluding diaryl/α,β-unsaturated/α-hetero) is 1. The number of carboxylic acids is 1. The number of fused-ring (bicyclic) bond motifs is 1. The molecular weight excluding hydrogens is 487 g/mol. The predicted molar refractivity (Wildman–Crippen MR) is 119 cm³/mol. The van der Waals surface area contributed by atoms with E-state index in [9.17, 15) is 29.1 Å². The summed E-state index contributed by atoms with van der Waals surface area (Å²) < 4.78 is 4.87. The molecule has 4 N–H and O–H groups in total. The molecule has 1 fully saturated rings. The number of carbonyl (C=O) groups is 5. The number of amidine groups is 1. The minimum Gasteiger partial charge on any atom is -0.543 e. The largest absolute Gasteiger partial charge is 1.00 e. The van der Waals surface area contributed by atoms with Crippen molar-refractivity contribution in [3.63, 3.8) is 0 Å². The van der Waals surface area contributed by atoms with Gasteiger partial charge in [0.1, 0.15) is 29.6 Å². The van der Waals surface area contributed by atoms with Crippen molar-refractivity contribution in [1.82, 2.24) is 10.2 Å². The van der Waals surface area contributed by atoms with Crippen LogP contribution in [0.5, 0.6) is 0 Å². The fraction of sp³-hybridized carbons (Fsp3) is 0.364. The van der Waals surface area contributed by atoms with Gasteiger partial charge in [-0.15, -0.1) is 11.8 Å². The van der Waals surface area contributed by atoms with Gasteiger partial charge >= 0.3 is 35.5 Å². The summed E-state index contributed by atoms with van der Waals surface area (Å²) in [6, 6.07) is 5.65. The third kappa shape index (κ3) is 6.13. The average Bonchev–Trinajstić information content (AvgIpc) is 2.75. The number of benzene rings is 1. The quantitative estimate of drug-likeness (QED) is 0.0975. The Morgan fingerprint density at radius 1 is 1.29 bits per heavy atom. The minimum atomic E-state index is -1.57. The summed E-state index contributed by atoms with van der Waals surface area (Å²) in [5, 5.41) is 21.4. The first-order chi connectivity index (χ1) is 16.0. The Bertz CT molecular complexity index is 1110. The van der Waals surface area contributed by atoms with E-state index in [2.05, 4.69) is 5.32 Å². The number of nitrogens with two attached hydrogens (primary N) is 1. The van der Waals surface area contributed by atoms with E-state index in [1.54, 1.807) is 24.3 Å². The molecule has 13 heteroatoms. The first kappa shape index (κ1) is 28.6. The number of hydrogen-bond acceptors (Lipinski definition) is 9. The predicted octanol–water partition coefficient (Wildman–Crippen LogP) is -4.19. The molecule has 0 aliphatic carbocycles. The molecule has 1 aromatic rings. The van der Waals surface area contributed by atoms with Gasteiger partial charge in [0.05, 0.1) is 24.0 Å². The molecule has 1 saturated heterocycles. The van der Waals surface area contributed by atoms with Crippen molar-refractivity contribution in [2.45, 2.75) is 37.6 Å². The minimum absolute atomic E-state index is 0. The van der Waals surface area contributed by atoms with E-state index >= 15 is 0 Å². The van der Waals surface area contributed by atoms with Gasteiger partial charge in [-0.25, -0.2) is 0 Å². The number of amides is 2. The Morgan fingerprint density at radius 2 is 1.94 bits per heavy atom. The number of ketones is 1. The van der Waals surface area contributed by atoms with Crippen LogP contribution < -0.4 is 45.7 Å². The van der Waals surface area contributed by atoms with Crippen molar-refractivity contribution in [3.8, 4) is 0 Å². The Kier molecular flexibility index (Phi) is 9.67. The molecular formula is C22H23N4NaO7S. The molecule has 2 aliphatic rings. The summed E-state index contributed by atoms with van der Waals surface area (Å²) in [4.78, 5) is 61.2. The zero-order valence-corrected chi connectivity index (χ0v) is 22.3. The zero-order valence-electron chi connectivity index (χ0n) is 19.5. The second-order valence-electron chi connectivity index (χ2n) is 7.85. The van der Waals surface area contributed by atoms with Gasteiger partial charge in [0.2, 0.25) is 5.91 Å². The number of carboxylic acid groups (broad SMARTS) is 1. The molecule has 3 atom stereocenters. The summed E-state index contributed by atoms with van der Waals surface area (Å²) >= 11 is 1.23. The van der Waals surface area contributed by atoms with Crippen LogP contribution in [0.3, 0.4) is 0 Å². The number of ether oxygens (including phenoxy) is 1. The number of nitrogens with one attached hydrogen (secondary N) is 2. The molecule has 0 spiro atoms. The molecule has 35 heavy (non-hydrogen) atoms. The van der Waals surface area contributed by atoms with Crippen LogP contribution in [0.15, 0.2) is 35.5 Å². The van der Waals surface area contributed by atoms with Crippen LogP contribution in [0.1, 0.15) is 30.9 Å². The number of nitrogens with zero attached hydrogens (tertiary/aromatic N) is 1. The van der Waals surface area contributed by atoms with Crippen LogP contribution in [0, 0.1) is 5.41 Å². The van der Waals surface area contributed by atoms with E-state index in [0.717, 1.165) is 4.90 Å². The second-order valence-corrected chi connectivity index (χ2v) is 8.95. The van der Waals surface area contributed by atoms with Crippen molar-refractivity contribution in [2.24, 2.45) is 5.73 Å². The van der Waals surface area contributed by atoms with Crippen LogP contribution >= 0.6 is 11.8 Å². The number of rotatable bonds is 9. The molecule has 1 aromatic carbocycles. The van der Waals surface area contributed by atoms with E-state index in [1.807, 2.05) is 0 Å². The fourth-order valence-corrected chi connectivity index (χ4v) is 5.28. The molecule has 0 radical (unpaired) electrons. The zero-order chi connectivity index (χ0) is 25.2. The van der Waals surface area contributed by atoms with Crippen LogP contribution in [-0.2, 0) is 35.1 Å². The van der Waals surface area contributed by atoms with Crippen molar-refractivity contribution in [3.05, 3.63) is 46.7 Å². The van der Waals surface area contributed by atoms with Gasteiger partial charge < -0.3 is 25.7 Å². The van der Waals surface area contributed by atoms with Crippen LogP contribution in [0.25, 0.3) is 0 Å². The Labute approximate surface area is 227 Å². The SMILES string of the molecule is CC(=O)OCC1=C(C(=O)[O-])N2C(=O)C(NC(=O)Cc3ccccc3C(C(=N)N)C(C)=O)[C@@H]2SC1.[Na+]. The second kappa shape index (κ2) is 11.8. The third-order valence-corrected chi connectivity index (χ3v) is 6.78. The third-order valence-electron chi connectivity index (χ3n) is 5.44. The van der Waals surface area contributed by atoms with Gasteiger partial charge in [-0.3, -0.25) is 29.5 Å². The standard InChI is InChI=1S/C22H24N4O7S.Na/c1-10(27)16(19(23)24)14-6-4-3-5-12(14)7-15(29)25-17-20(30)26-18(22(31)32)13(8-33-11(2)28)9-34-21(17)26;/h3-6,16-17,21H,7-9H2,1-2H3,(H3,23,24)(H,25,29)(H,31,32);/q;+1/p-1/t16?,17?,21-;/m0./s1. The molecule has 180 valence electrons. The number of esters is 1. The van der Waals surface area contributed by atoms with Gasteiger partial charge in [-0.1, -0.05) is 24.3 Å². The van der Waals surface area contributed by atoms with Crippen molar-refractivity contribution in [1.29, 1.82) is 5.41 Å². The summed E-state index contributed by atoms with van der Waals surface area (Å²) in [7, 11) is 0. The van der Waals surface area contributed by atoms with Gasteiger partial charge in [0.15, 0.2) is 0 Å². The van der Waals surface area contributed by atoms with Crippen molar-refractivity contribution < 1.29 is 63.4 Å². The molecule has 0 bridgehead atoms. The van der Waals surface area contributed by atoms with E-state index in [4.69, 9.17) is 15.9 Å². The van der Waals surface area contributed by atoms with Gasteiger partial charge in [-0.2, -0.15) is 0 Å². The fourth-order valence-electron chi connectivity index (χ4n) is 3.95. The summed E-state index contributed by atoms with van der Waals surface area (Å²) in [5.74, 6) is -4.77.